The Morgan fingerprint density at radius 3 is 2.48 bits per heavy atom. The van der Waals surface area contributed by atoms with Crippen LogP contribution in [0, 0.1) is 5.92 Å². The van der Waals surface area contributed by atoms with Crippen molar-refractivity contribution >= 4 is 39.4 Å². The van der Waals surface area contributed by atoms with Gasteiger partial charge in [-0.2, -0.15) is 0 Å². The maximum Gasteiger partial charge on any atom is 0.245 e. The zero-order valence-electron chi connectivity index (χ0n) is 25.9. The smallest absolute Gasteiger partial charge is 0.245 e. The van der Waals surface area contributed by atoms with Gasteiger partial charge in [0.25, 0.3) is 0 Å². The number of aromatic amines is 1. The van der Waals surface area contributed by atoms with Crippen LogP contribution in [0.5, 0.6) is 0 Å². The Kier molecular flexibility index (Phi) is 10.7. The summed E-state index contributed by atoms with van der Waals surface area (Å²) in [5.74, 6) is -0.695. The zero-order chi connectivity index (χ0) is 30.9. The molecule has 8 heteroatoms. The van der Waals surface area contributed by atoms with Gasteiger partial charge in [0.15, 0.2) is 0 Å². The first-order valence-electron chi connectivity index (χ1n) is 16.0. The number of carbonyl (C=O) groups excluding carboxylic acids is 3. The van der Waals surface area contributed by atoms with E-state index in [4.69, 9.17) is 0 Å². The summed E-state index contributed by atoms with van der Waals surface area (Å²) in [6, 6.07) is 20.7. The predicted octanol–water partition coefficient (Wildman–Crippen LogP) is 4.72. The molecule has 8 nitrogen and oxygen atoms in total. The predicted molar refractivity (Wildman–Crippen MR) is 176 cm³/mol. The number of nitrogens with one attached hydrogen (secondary N) is 4. The summed E-state index contributed by atoms with van der Waals surface area (Å²) < 4.78 is 0. The fourth-order valence-electron chi connectivity index (χ4n) is 6.19. The number of nitrogens with zero attached hydrogens (tertiary/aromatic N) is 1. The third kappa shape index (κ3) is 7.66. The van der Waals surface area contributed by atoms with Gasteiger partial charge in [-0.05, 0) is 60.3 Å². The maximum atomic E-state index is 14.4. The number of likely N-dealkylation sites (N-methyl/N-ethyl adjacent to an activating group) is 1. The van der Waals surface area contributed by atoms with E-state index in [9.17, 15) is 14.4 Å². The summed E-state index contributed by atoms with van der Waals surface area (Å²) in [7, 11) is 1.69. The molecule has 0 aliphatic carbocycles. The van der Waals surface area contributed by atoms with Gasteiger partial charge in [0.05, 0.1) is 0 Å². The molecule has 0 saturated carbocycles. The Morgan fingerprint density at radius 2 is 1.68 bits per heavy atom. The lowest BCUT2D eigenvalue weighted by Crippen LogP contribution is -2.56. The largest absolute Gasteiger partial charge is 0.361 e. The second-order valence-electron chi connectivity index (χ2n) is 12.0. The molecule has 2 atom stereocenters. The molecular formula is C36H45N5O3. The highest BCUT2D eigenvalue weighted by Gasteiger charge is 2.34. The van der Waals surface area contributed by atoms with Crippen LogP contribution >= 0.6 is 0 Å². The molecule has 0 spiro atoms. The van der Waals surface area contributed by atoms with Crippen molar-refractivity contribution in [1.29, 1.82) is 0 Å². The van der Waals surface area contributed by atoms with Crippen molar-refractivity contribution in [2.75, 3.05) is 26.7 Å². The van der Waals surface area contributed by atoms with Crippen molar-refractivity contribution < 1.29 is 14.4 Å². The molecule has 4 aromatic rings. The first-order valence-corrected chi connectivity index (χ1v) is 16.0. The first kappa shape index (κ1) is 31.3. The van der Waals surface area contributed by atoms with Crippen molar-refractivity contribution in [1.82, 2.24) is 25.8 Å². The van der Waals surface area contributed by atoms with E-state index in [2.05, 4.69) is 46.1 Å². The highest BCUT2D eigenvalue weighted by molar-refractivity contribution is 5.93. The highest BCUT2D eigenvalue weighted by atomic mass is 16.2. The molecule has 2 unspecified atom stereocenters. The second-order valence-corrected chi connectivity index (χ2v) is 12.0. The van der Waals surface area contributed by atoms with Crippen LogP contribution in [0.25, 0.3) is 21.7 Å². The molecule has 1 aliphatic heterocycles. The standard InChI is InChI=1S/C36H45N5O3/c1-3-4-9-18-38-35(43)33(23-29-24-39-31-13-8-7-12-30(29)31)41(2)36(44)32(40-34(42)27-16-19-37-20-17-27)22-25-14-15-26-10-5-6-11-28(26)21-25/h5-8,10-15,21,24,27,32-33,37,39H,3-4,9,16-20,22-23H2,1-2H3,(H,38,43)(H,40,42). The molecule has 1 aliphatic rings. The number of benzene rings is 3. The van der Waals surface area contributed by atoms with Crippen molar-refractivity contribution in [2.45, 2.75) is 64.0 Å². The van der Waals surface area contributed by atoms with Crippen LogP contribution in [-0.4, -0.2) is 66.4 Å². The minimum absolute atomic E-state index is 0.101. The van der Waals surface area contributed by atoms with Gasteiger partial charge in [0.2, 0.25) is 17.7 Å². The first-order chi connectivity index (χ1) is 21.4. The van der Waals surface area contributed by atoms with Gasteiger partial charge in [-0.1, -0.05) is 80.4 Å². The van der Waals surface area contributed by atoms with Gasteiger partial charge < -0.3 is 25.8 Å². The molecule has 4 N–H and O–H groups in total. The van der Waals surface area contributed by atoms with E-state index in [0.717, 1.165) is 78.0 Å². The molecule has 0 bridgehead atoms. The Hall–Kier alpha value is -4.17. The number of carbonyl (C=O) groups is 3. The minimum atomic E-state index is -0.804. The van der Waals surface area contributed by atoms with Crippen LogP contribution in [0.3, 0.4) is 0 Å². The normalized spacial score (nSPS) is 15.1. The average molecular weight is 596 g/mol. The molecule has 3 aromatic carbocycles. The number of H-pyrrole nitrogens is 1. The van der Waals surface area contributed by atoms with Crippen molar-refractivity contribution in [2.24, 2.45) is 5.92 Å². The van der Waals surface area contributed by atoms with Crippen LogP contribution in [0.1, 0.15) is 50.2 Å². The minimum Gasteiger partial charge on any atom is -0.361 e. The van der Waals surface area contributed by atoms with Crippen LogP contribution in [0.4, 0.5) is 0 Å². The topological polar surface area (TPSA) is 106 Å². The Labute approximate surface area is 260 Å². The number of hydrogen-bond acceptors (Lipinski definition) is 4. The van der Waals surface area contributed by atoms with E-state index in [0.29, 0.717) is 19.4 Å². The average Bonchev–Trinajstić information content (AvgIpc) is 3.47. The Bertz CT molecular complexity index is 1570. The van der Waals surface area contributed by atoms with E-state index < -0.39 is 12.1 Å². The summed E-state index contributed by atoms with van der Waals surface area (Å²) >= 11 is 0. The number of para-hydroxylation sites is 1. The van der Waals surface area contributed by atoms with Crippen LogP contribution in [-0.2, 0) is 27.2 Å². The van der Waals surface area contributed by atoms with Crippen LogP contribution in [0.15, 0.2) is 72.9 Å². The summed E-state index contributed by atoms with van der Waals surface area (Å²) in [5.41, 5.74) is 2.92. The summed E-state index contributed by atoms with van der Waals surface area (Å²) in [4.78, 5) is 46.4. The molecule has 3 amide bonds. The number of unbranched alkanes of at least 4 members (excludes halogenated alkanes) is 2. The third-order valence-electron chi connectivity index (χ3n) is 8.86. The molecule has 232 valence electrons. The van der Waals surface area contributed by atoms with Crippen LogP contribution in [0.2, 0.25) is 0 Å². The molecule has 1 aromatic heterocycles. The summed E-state index contributed by atoms with van der Waals surface area (Å²) in [5, 5.41) is 12.7. The number of fused-ring (bicyclic) bond motifs is 2. The van der Waals surface area contributed by atoms with Gasteiger partial charge >= 0.3 is 0 Å². The molecule has 2 heterocycles. The monoisotopic (exact) mass is 595 g/mol. The number of aromatic nitrogens is 1. The number of amides is 3. The third-order valence-corrected chi connectivity index (χ3v) is 8.86. The number of rotatable bonds is 13. The van der Waals surface area contributed by atoms with Crippen LogP contribution < -0.4 is 16.0 Å². The van der Waals surface area contributed by atoms with Gasteiger partial charge in [-0.3, -0.25) is 14.4 Å². The second kappa shape index (κ2) is 15.0. The van der Waals surface area contributed by atoms with Gasteiger partial charge in [-0.15, -0.1) is 0 Å². The SMILES string of the molecule is CCCCCNC(=O)C(Cc1c[nH]c2ccccc12)N(C)C(=O)C(Cc1ccc2ccccc2c1)NC(=O)C1CCNCC1. The molecule has 0 radical (unpaired) electrons. The van der Waals surface area contributed by atoms with E-state index in [-0.39, 0.29) is 23.6 Å². The lowest BCUT2D eigenvalue weighted by atomic mass is 9.95. The Morgan fingerprint density at radius 1 is 0.932 bits per heavy atom. The zero-order valence-corrected chi connectivity index (χ0v) is 25.9. The molecule has 1 saturated heterocycles. The van der Waals surface area contributed by atoms with Gasteiger partial charge in [0.1, 0.15) is 12.1 Å². The van der Waals surface area contributed by atoms with Gasteiger partial charge in [0, 0.05) is 49.5 Å². The molecule has 1 fully saturated rings. The Balaban J connectivity index is 1.41. The fourth-order valence-corrected chi connectivity index (χ4v) is 6.19. The van der Waals surface area contributed by atoms with E-state index in [1.165, 1.54) is 0 Å². The lowest BCUT2D eigenvalue weighted by Gasteiger charge is -2.32. The lowest BCUT2D eigenvalue weighted by molar-refractivity contribution is -0.142. The maximum absolute atomic E-state index is 14.4. The van der Waals surface area contributed by atoms with Crippen molar-refractivity contribution in [3.05, 3.63) is 84.1 Å². The summed E-state index contributed by atoms with van der Waals surface area (Å²) in [6.45, 7) is 4.26. The molecule has 5 rings (SSSR count). The van der Waals surface area contributed by atoms with Crippen molar-refractivity contribution in [3.63, 3.8) is 0 Å². The highest BCUT2D eigenvalue weighted by Crippen LogP contribution is 2.22. The summed E-state index contributed by atoms with van der Waals surface area (Å²) in [6.07, 6.45) is 7.06. The number of hydrogen-bond donors (Lipinski definition) is 4. The van der Waals surface area contributed by atoms with E-state index >= 15 is 0 Å². The van der Waals surface area contributed by atoms with Crippen molar-refractivity contribution in [3.8, 4) is 0 Å². The quantitative estimate of drug-likeness (QED) is 0.168. The van der Waals surface area contributed by atoms with Gasteiger partial charge in [-0.25, -0.2) is 0 Å². The van der Waals surface area contributed by atoms with E-state index in [1.54, 1.807) is 11.9 Å². The number of piperidine rings is 1. The van der Waals surface area contributed by atoms with E-state index in [1.807, 2.05) is 54.7 Å². The molecule has 44 heavy (non-hydrogen) atoms. The molecular weight excluding hydrogens is 550 g/mol. The fraction of sp³-hybridized carbons (Fsp3) is 0.417.